The average Bonchev–Trinajstić information content (AvgIpc) is 3.28. The first-order chi connectivity index (χ1) is 20.2. The number of aliphatic carboxylic acids is 2. The van der Waals surface area contributed by atoms with Crippen LogP contribution in [0.15, 0.2) is 60.8 Å². The maximum atomic E-state index is 11.5. The van der Waals surface area contributed by atoms with Gasteiger partial charge < -0.3 is 24.3 Å². The minimum absolute atomic E-state index is 0.0609. The smallest absolute Gasteiger partial charge is 0.307 e. The zero-order valence-corrected chi connectivity index (χ0v) is 24.7. The Morgan fingerprint density at radius 1 is 0.881 bits per heavy atom. The third-order valence-corrected chi connectivity index (χ3v) is 7.18. The fraction of sp³-hybridized carbons (Fsp3) is 0.294. The van der Waals surface area contributed by atoms with Crippen LogP contribution in [-0.2, 0) is 22.6 Å². The number of unbranched alkanes of at least 4 members (excludes halogenated alkanes) is 1. The quantitative estimate of drug-likeness (QED) is 0.108. The maximum Gasteiger partial charge on any atom is 0.307 e. The SMILES string of the molecule is Cc1cc(Cl)cc(C)c1OCCCCOc1ccc(C=Cc2cccc3c2c(CC(=O)O)cn3CCCC(=O)O)cc1. The molecule has 1 heterocycles. The van der Waals surface area contributed by atoms with Crippen LogP contribution in [0, 0.1) is 13.8 Å². The highest BCUT2D eigenvalue weighted by Gasteiger charge is 2.14. The van der Waals surface area contributed by atoms with E-state index in [0.29, 0.717) is 31.7 Å². The minimum Gasteiger partial charge on any atom is -0.494 e. The second-order valence-electron chi connectivity index (χ2n) is 10.3. The molecule has 0 saturated carbocycles. The Kier molecular flexibility index (Phi) is 10.7. The zero-order chi connectivity index (χ0) is 30.1. The third-order valence-electron chi connectivity index (χ3n) is 6.96. The fourth-order valence-corrected chi connectivity index (χ4v) is 5.37. The van der Waals surface area contributed by atoms with E-state index in [0.717, 1.165) is 62.5 Å². The van der Waals surface area contributed by atoms with Gasteiger partial charge in [-0.1, -0.05) is 48.0 Å². The molecule has 0 radical (unpaired) electrons. The lowest BCUT2D eigenvalue weighted by molar-refractivity contribution is -0.137. The monoisotopic (exact) mass is 589 g/mol. The van der Waals surface area contributed by atoms with Crippen molar-refractivity contribution < 1.29 is 29.3 Å². The Bertz CT molecular complexity index is 1550. The van der Waals surface area contributed by atoms with E-state index in [2.05, 4.69) is 0 Å². The van der Waals surface area contributed by atoms with E-state index >= 15 is 0 Å². The number of aryl methyl sites for hydroxylation is 3. The molecule has 0 fully saturated rings. The van der Waals surface area contributed by atoms with Crippen molar-refractivity contribution in [3.05, 3.63) is 93.6 Å². The van der Waals surface area contributed by atoms with Crippen molar-refractivity contribution in [2.45, 2.75) is 52.5 Å². The molecule has 7 nitrogen and oxygen atoms in total. The number of aromatic nitrogens is 1. The van der Waals surface area contributed by atoms with Gasteiger partial charge in [0.25, 0.3) is 0 Å². The molecule has 4 rings (SSSR count). The minimum atomic E-state index is -0.909. The van der Waals surface area contributed by atoms with Gasteiger partial charge in [0, 0.05) is 35.1 Å². The van der Waals surface area contributed by atoms with E-state index in [9.17, 15) is 14.7 Å². The summed E-state index contributed by atoms with van der Waals surface area (Å²) in [5, 5.41) is 20.0. The summed E-state index contributed by atoms with van der Waals surface area (Å²) in [6, 6.07) is 17.5. The van der Waals surface area contributed by atoms with Crippen molar-refractivity contribution in [2.75, 3.05) is 13.2 Å². The molecule has 0 bridgehead atoms. The van der Waals surface area contributed by atoms with E-state index in [4.69, 9.17) is 26.2 Å². The number of carbonyl (C=O) groups is 2. The third kappa shape index (κ3) is 8.40. The number of halogens is 1. The van der Waals surface area contributed by atoms with Gasteiger partial charge in [-0.3, -0.25) is 9.59 Å². The van der Waals surface area contributed by atoms with Gasteiger partial charge in [0.1, 0.15) is 11.5 Å². The van der Waals surface area contributed by atoms with Crippen molar-refractivity contribution in [1.29, 1.82) is 0 Å². The van der Waals surface area contributed by atoms with Gasteiger partial charge in [0.15, 0.2) is 0 Å². The maximum absolute atomic E-state index is 11.5. The summed E-state index contributed by atoms with van der Waals surface area (Å²) in [6.07, 6.45) is 7.97. The highest BCUT2D eigenvalue weighted by atomic mass is 35.5. The molecule has 8 heteroatoms. The van der Waals surface area contributed by atoms with Crippen molar-refractivity contribution in [1.82, 2.24) is 4.57 Å². The summed E-state index contributed by atoms with van der Waals surface area (Å²) in [5.74, 6) is -0.0659. The topological polar surface area (TPSA) is 98.0 Å². The van der Waals surface area contributed by atoms with Crippen LogP contribution in [0.4, 0.5) is 0 Å². The van der Waals surface area contributed by atoms with E-state index in [1.807, 2.05) is 91.4 Å². The Morgan fingerprint density at radius 3 is 2.24 bits per heavy atom. The van der Waals surface area contributed by atoms with Crippen LogP contribution in [0.25, 0.3) is 23.1 Å². The molecule has 1 aromatic heterocycles. The Labute approximate surface area is 251 Å². The molecule has 0 atom stereocenters. The van der Waals surface area contributed by atoms with Crippen LogP contribution in [0.5, 0.6) is 11.5 Å². The van der Waals surface area contributed by atoms with Gasteiger partial charge in [0.05, 0.1) is 19.6 Å². The van der Waals surface area contributed by atoms with Crippen LogP contribution in [0.2, 0.25) is 5.02 Å². The number of carboxylic acids is 2. The predicted octanol–water partition coefficient (Wildman–Crippen LogP) is 7.81. The molecule has 2 N–H and O–H groups in total. The molecule has 0 saturated heterocycles. The number of hydrogen-bond acceptors (Lipinski definition) is 4. The standard InChI is InChI=1S/C34H36ClNO6/c1-23-19-28(35)20-24(2)34(23)42-18-4-3-17-41-29-14-11-25(12-15-29)10-13-26-7-5-8-30-33(26)27(21-32(39)40)22-36(30)16-6-9-31(37)38/h5,7-8,10-15,19-20,22H,3-4,6,9,16-18,21H2,1-2H3,(H,37,38)(H,39,40). The first-order valence-corrected chi connectivity index (χ1v) is 14.4. The van der Waals surface area contributed by atoms with Gasteiger partial charge in [0.2, 0.25) is 0 Å². The Hall–Kier alpha value is -4.23. The summed E-state index contributed by atoms with van der Waals surface area (Å²) in [7, 11) is 0. The number of benzene rings is 3. The van der Waals surface area contributed by atoms with Gasteiger partial charge >= 0.3 is 11.9 Å². The van der Waals surface area contributed by atoms with Crippen molar-refractivity contribution >= 4 is 46.6 Å². The summed E-state index contributed by atoms with van der Waals surface area (Å²) in [4.78, 5) is 22.5. The van der Waals surface area contributed by atoms with Crippen LogP contribution in [0.3, 0.4) is 0 Å². The van der Waals surface area contributed by atoms with Crippen molar-refractivity contribution in [2.24, 2.45) is 0 Å². The molecule has 4 aromatic rings. The van der Waals surface area contributed by atoms with E-state index in [-0.39, 0.29) is 12.8 Å². The second-order valence-corrected chi connectivity index (χ2v) is 10.8. The lowest BCUT2D eigenvalue weighted by Crippen LogP contribution is -2.04. The second kappa shape index (κ2) is 14.6. The molecule has 0 unspecified atom stereocenters. The van der Waals surface area contributed by atoms with Gasteiger partial charge in [-0.05, 0) is 91.3 Å². The first-order valence-electron chi connectivity index (χ1n) is 14.1. The molecule has 3 aromatic carbocycles. The Balaban J connectivity index is 1.33. The van der Waals surface area contributed by atoms with Crippen LogP contribution < -0.4 is 9.47 Å². The number of rotatable bonds is 15. The van der Waals surface area contributed by atoms with Gasteiger partial charge in [-0.15, -0.1) is 0 Å². The lowest BCUT2D eigenvalue weighted by atomic mass is 10.0. The molecule has 0 aliphatic heterocycles. The molecule has 0 aliphatic carbocycles. The molecule has 0 spiro atoms. The molecule has 220 valence electrons. The van der Waals surface area contributed by atoms with Gasteiger partial charge in [-0.25, -0.2) is 0 Å². The largest absolute Gasteiger partial charge is 0.494 e. The molecule has 42 heavy (non-hydrogen) atoms. The summed E-state index contributed by atoms with van der Waals surface area (Å²) in [5.41, 5.74) is 5.57. The number of fused-ring (bicyclic) bond motifs is 1. The van der Waals surface area contributed by atoms with Crippen molar-refractivity contribution in [3.63, 3.8) is 0 Å². The van der Waals surface area contributed by atoms with E-state index in [1.165, 1.54) is 0 Å². The normalized spacial score (nSPS) is 11.3. The molecule has 0 amide bonds. The van der Waals surface area contributed by atoms with Crippen LogP contribution in [-0.4, -0.2) is 39.9 Å². The van der Waals surface area contributed by atoms with Crippen LogP contribution >= 0.6 is 11.6 Å². The van der Waals surface area contributed by atoms with E-state index in [1.54, 1.807) is 0 Å². The van der Waals surface area contributed by atoms with Gasteiger partial charge in [-0.2, -0.15) is 0 Å². The van der Waals surface area contributed by atoms with Crippen LogP contribution in [0.1, 0.15) is 53.5 Å². The number of nitrogens with zero attached hydrogens (tertiary/aromatic N) is 1. The van der Waals surface area contributed by atoms with Crippen molar-refractivity contribution in [3.8, 4) is 11.5 Å². The zero-order valence-electron chi connectivity index (χ0n) is 23.9. The average molecular weight is 590 g/mol. The number of carboxylic acid groups (broad SMARTS) is 2. The Morgan fingerprint density at radius 2 is 1.57 bits per heavy atom. The molecular weight excluding hydrogens is 554 g/mol. The number of ether oxygens (including phenoxy) is 2. The lowest BCUT2D eigenvalue weighted by Gasteiger charge is -2.13. The highest BCUT2D eigenvalue weighted by Crippen LogP contribution is 2.29. The fourth-order valence-electron chi connectivity index (χ4n) is 5.05. The summed E-state index contributed by atoms with van der Waals surface area (Å²) < 4.78 is 13.8. The molecule has 0 aliphatic rings. The first kappa shape index (κ1) is 30.7. The summed E-state index contributed by atoms with van der Waals surface area (Å²) >= 11 is 6.09. The molecular formula is C34H36ClNO6. The summed E-state index contributed by atoms with van der Waals surface area (Å²) in [6.45, 7) is 5.71. The number of hydrogen-bond donors (Lipinski definition) is 2. The predicted molar refractivity (Wildman–Crippen MR) is 167 cm³/mol. The van der Waals surface area contributed by atoms with E-state index < -0.39 is 11.9 Å². The highest BCUT2D eigenvalue weighted by molar-refractivity contribution is 6.30.